The molecular formula is C19H24N4O3S2. The summed E-state index contributed by atoms with van der Waals surface area (Å²) in [6.07, 6.45) is 3.28. The van der Waals surface area contributed by atoms with Gasteiger partial charge in [-0.2, -0.15) is 0 Å². The number of carbonyl (C=O) groups excluding carboxylic acids is 2. The number of thioether (sulfide) groups is 1. The average molecular weight is 421 g/mol. The minimum atomic E-state index is -0.279. The second-order valence-electron chi connectivity index (χ2n) is 6.78. The Morgan fingerprint density at radius 3 is 2.75 bits per heavy atom. The van der Waals surface area contributed by atoms with Crippen molar-refractivity contribution in [3.05, 3.63) is 29.8 Å². The fourth-order valence-electron chi connectivity index (χ4n) is 3.36. The van der Waals surface area contributed by atoms with Gasteiger partial charge in [-0.05, 0) is 51.3 Å². The molecule has 1 aromatic carbocycles. The van der Waals surface area contributed by atoms with Crippen molar-refractivity contribution in [2.75, 3.05) is 18.2 Å². The number of likely N-dealkylation sites (tertiary alicyclic amines) is 1. The first-order valence-corrected chi connectivity index (χ1v) is 11.0. The van der Waals surface area contributed by atoms with Gasteiger partial charge in [-0.3, -0.25) is 14.9 Å². The van der Waals surface area contributed by atoms with E-state index in [1.165, 1.54) is 29.5 Å². The van der Waals surface area contributed by atoms with E-state index >= 15 is 0 Å². The minimum absolute atomic E-state index is 0.127. The van der Waals surface area contributed by atoms with Crippen LogP contribution in [0.5, 0.6) is 5.75 Å². The van der Waals surface area contributed by atoms with Crippen LogP contribution >= 0.6 is 23.1 Å². The topological polar surface area (TPSA) is 84.4 Å². The molecule has 2 heterocycles. The van der Waals surface area contributed by atoms with Crippen LogP contribution in [0.4, 0.5) is 5.13 Å². The summed E-state index contributed by atoms with van der Waals surface area (Å²) in [5.74, 6) is 0.786. The molecule has 3 rings (SSSR count). The second-order valence-corrected chi connectivity index (χ2v) is 8.98. The van der Waals surface area contributed by atoms with Crippen LogP contribution < -0.4 is 10.1 Å². The molecule has 150 valence electrons. The zero-order valence-corrected chi connectivity index (χ0v) is 17.8. The number of anilines is 1. The average Bonchev–Trinajstić information content (AvgIpc) is 3.13. The van der Waals surface area contributed by atoms with Crippen LogP contribution in [-0.4, -0.2) is 51.9 Å². The number of nitrogens with zero attached hydrogens (tertiary/aromatic N) is 3. The first-order chi connectivity index (χ1) is 13.5. The number of piperidine rings is 1. The summed E-state index contributed by atoms with van der Waals surface area (Å²) in [6.45, 7) is 4.21. The van der Waals surface area contributed by atoms with Crippen LogP contribution in [0.15, 0.2) is 28.6 Å². The van der Waals surface area contributed by atoms with Gasteiger partial charge in [-0.15, -0.1) is 10.2 Å². The van der Waals surface area contributed by atoms with Crippen molar-refractivity contribution in [2.45, 2.75) is 49.5 Å². The molecule has 1 aliphatic rings. The Balaban J connectivity index is 1.55. The number of benzene rings is 1. The standard InChI is InChI=1S/C19H24N4O3S2/c1-12-6-4-7-13(2)23(12)16(24)11-27-19-22-21-18(28-19)20-17(25)14-8-5-9-15(10-14)26-3/h5,8-10,12-13H,4,6-7,11H2,1-3H3,(H,20,21,25). The molecule has 1 N–H and O–H groups in total. The van der Waals surface area contributed by atoms with E-state index in [-0.39, 0.29) is 23.9 Å². The number of hydrogen-bond acceptors (Lipinski definition) is 7. The van der Waals surface area contributed by atoms with Crippen LogP contribution in [0.25, 0.3) is 0 Å². The Morgan fingerprint density at radius 2 is 2.04 bits per heavy atom. The molecular weight excluding hydrogens is 396 g/mol. The maximum atomic E-state index is 12.6. The molecule has 28 heavy (non-hydrogen) atoms. The Morgan fingerprint density at radius 1 is 1.29 bits per heavy atom. The predicted octanol–water partition coefficient (Wildman–Crippen LogP) is 3.68. The number of amides is 2. The lowest BCUT2D eigenvalue weighted by Gasteiger charge is -2.39. The van der Waals surface area contributed by atoms with E-state index in [1.807, 2.05) is 4.90 Å². The fourth-order valence-corrected chi connectivity index (χ4v) is 4.98. The number of rotatable bonds is 6. The molecule has 7 nitrogen and oxygen atoms in total. The van der Waals surface area contributed by atoms with Crippen molar-refractivity contribution in [2.24, 2.45) is 0 Å². The molecule has 0 bridgehead atoms. The summed E-state index contributed by atoms with van der Waals surface area (Å²) < 4.78 is 5.79. The van der Waals surface area contributed by atoms with Crippen LogP contribution in [-0.2, 0) is 4.79 Å². The lowest BCUT2D eigenvalue weighted by molar-refractivity contribution is -0.134. The summed E-state index contributed by atoms with van der Waals surface area (Å²) in [4.78, 5) is 26.9. The van der Waals surface area contributed by atoms with E-state index in [9.17, 15) is 9.59 Å². The number of hydrogen-bond donors (Lipinski definition) is 1. The molecule has 0 saturated carbocycles. The third kappa shape index (κ3) is 5.02. The highest BCUT2D eigenvalue weighted by Crippen LogP contribution is 2.28. The van der Waals surface area contributed by atoms with E-state index in [1.54, 1.807) is 31.4 Å². The molecule has 1 saturated heterocycles. The normalized spacial score (nSPS) is 19.3. The zero-order chi connectivity index (χ0) is 20.1. The van der Waals surface area contributed by atoms with Gasteiger partial charge in [0, 0.05) is 17.6 Å². The Kier molecular flexibility index (Phi) is 6.90. The van der Waals surface area contributed by atoms with E-state index in [2.05, 4.69) is 29.4 Å². The molecule has 2 aromatic rings. The Hall–Kier alpha value is -2.13. The van der Waals surface area contributed by atoms with Crippen LogP contribution in [0.2, 0.25) is 0 Å². The van der Waals surface area contributed by atoms with Crippen molar-refractivity contribution < 1.29 is 14.3 Å². The van der Waals surface area contributed by atoms with Crippen molar-refractivity contribution in [3.63, 3.8) is 0 Å². The molecule has 9 heteroatoms. The summed E-state index contributed by atoms with van der Waals surface area (Å²) in [5, 5.41) is 11.2. The Labute approximate surface area is 172 Å². The first kappa shape index (κ1) is 20.6. The van der Waals surface area contributed by atoms with Crippen LogP contribution in [0.1, 0.15) is 43.5 Å². The molecule has 0 spiro atoms. The van der Waals surface area contributed by atoms with E-state index in [0.717, 1.165) is 12.8 Å². The number of carbonyl (C=O) groups is 2. The molecule has 1 aliphatic heterocycles. The van der Waals surface area contributed by atoms with Gasteiger partial charge in [0.1, 0.15) is 5.75 Å². The predicted molar refractivity (Wildman–Crippen MR) is 111 cm³/mol. The van der Waals surface area contributed by atoms with Crippen molar-refractivity contribution in [3.8, 4) is 5.75 Å². The molecule has 0 aliphatic carbocycles. The van der Waals surface area contributed by atoms with Crippen molar-refractivity contribution >= 4 is 40.0 Å². The zero-order valence-electron chi connectivity index (χ0n) is 16.2. The van der Waals surface area contributed by atoms with Crippen molar-refractivity contribution in [1.82, 2.24) is 15.1 Å². The summed E-state index contributed by atoms with van der Waals surface area (Å²) in [6, 6.07) is 7.45. The summed E-state index contributed by atoms with van der Waals surface area (Å²) >= 11 is 2.62. The lowest BCUT2D eigenvalue weighted by Crippen LogP contribution is -2.48. The van der Waals surface area contributed by atoms with Gasteiger partial charge in [0.05, 0.1) is 12.9 Å². The molecule has 0 radical (unpaired) electrons. The number of nitrogens with one attached hydrogen (secondary N) is 1. The fraction of sp³-hybridized carbons (Fsp3) is 0.474. The van der Waals surface area contributed by atoms with Crippen LogP contribution in [0, 0.1) is 0 Å². The summed E-state index contributed by atoms with van der Waals surface area (Å²) in [5.41, 5.74) is 0.479. The van der Waals surface area contributed by atoms with Gasteiger partial charge in [0.25, 0.3) is 5.91 Å². The highest BCUT2D eigenvalue weighted by atomic mass is 32.2. The molecule has 2 amide bonds. The minimum Gasteiger partial charge on any atom is -0.497 e. The number of methoxy groups -OCH3 is 1. The highest BCUT2D eigenvalue weighted by Gasteiger charge is 2.28. The van der Waals surface area contributed by atoms with E-state index < -0.39 is 0 Å². The highest BCUT2D eigenvalue weighted by molar-refractivity contribution is 8.01. The Bertz CT molecular complexity index is 832. The SMILES string of the molecule is COc1cccc(C(=O)Nc2nnc(SCC(=O)N3C(C)CCCC3C)s2)c1. The van der Waals surface area contributed by atoms with Crippen molar-refractivity contribution in [1.29, 1.82) is 0 Å². The van der Waals surface area contributed by atoms with Gasteiger partial charge in [-0.25, -0.2) is 0 Å². The largest absolute Gasteiger partial charge is 0.497 e. The van der Waals surface area contributed by atoms with Gasteiger partial charge in [0.15, 0.2) is 4.34 Å². The van der Waals surface area contributed by atoms with E-state index in [4.69, 9.17) is 4.74 Å². The van der Waals surface area contributed by atoms with Crippen LogP contribution in [0.3, 0.4) is 0 Å². The monoisotopic (exact) mass is 420 g/mol. The smallest absolute Gasteiger partial charge is 0.257 e. The number of ether oxygens (including phenoxy) is 1. The van der Waals surface area contributed by atoms with Gasteiger partial charge < -0.3 is 9.64 Å². The second kappa shape index (κ2) is 9.38. The quantitative estimate of drug-likeness (QED) is 0.567. The molecule has 1 aromatic heterocycles. The maximum absolute atomic E-state index is 12.6. The van der Waals surface area contributed by atoms with Gasteiger partial charge in [0.2, 0.25) is 11.0 Å². The van der Waals surface area contributed by atoms with Gasteiger partial charge >= 0.3 is 0 Å². The maximum Gasteiger partial charge on any atom is 0.257 e. The summed E-state index contributed by atoms with van der Waals surface area (Å²) in [7, 11) is 1.55. The van der Waals surface area contributed by atoms with E-state index in [0.29, 0.717) is 26.5 Å². The third-order valence-corrected chi connectivity index (χ3v) is 6.72. The lowest BCUT2D eigenvalue weighted by atomic mass is 9.98. The van der Waals surface area contributed by atoms with Gasteiger partial charge in [-0.1, -0.05) is 29.2 Å². The number of aromatic nitrogens is 2. The third-order valence-electron chi connectivity index (χ3n) is 4.76. The molecule has 2 unspecified atom stereocenters. The molecule has 2 atom stereocenters. The first-order valence-electron chi connectivity index (χ1n) is 9.21. The molecule has 1 fully saturated rings.